The summed E-state index contributed by atoms with van der Waals surface area (Å²) in [6, 6.07) is 22.0. The number of aromatic nitrogens is 2. The van der Waals surface area contributed by atoms with E-state index in [-0.39, 0.29) is 11.8 Å². The van der Waals surface area contributed by atoms with Crippen LogP contribution in [-0.4, -0.2) is 35.7 Å². The molecule has 4 aromatic rings. The van der Waals surface area contributed by atoms with E-state index in [2.05, 4.69) is 30.5 Å². The number of para-hydroxylation sites is 4. The zero-order valence-corrected chi connectivity index (χ0v) is 20.5. The zero-order valence-electron chi connectivity index (χ0n) is 20.5. The van der Waals surface area contributed by atoms with Gasteiger partial charge < -0.3 is 18.9 Å². The molecule has 1 aliphatic heterocycles. The van der Waals surface area contributed by atoms with E-state index < -0.39 is 0 Å². The van der Waals surface area contributed by atoms with E-state index in [1.807, 2.05) is 59.5 Å². The molecule has 6 heteroatoms. The molecule has 0 spiro atoms. The molecule has 1 fully saturated rings. The second kappa shape index (κ2) is 9.82. The summed E-state index contributed by atoms with van der Waals surface area (Å²) in [5, 5.41) is 0. The topological polar surface area (TPSA) is 56.6 Å². The summed E-state index contributed by atoms with van der Waals surface area (Å²) in [6.45, 7) is 6.18. The van der Waals surface area contributed by atoms with E-state index in [1.165, 1.54) is 11.1 Å². The van der Waals surface area contributed by atoms with Gasteiger partial charge in [0.25, 0.3) is 0 Å². The third kappa shape index (κ3) is 4.48. The molecule has 0 radical (unpaired) electrons. The number of carbonyl (C=O) groups excluding carboxylic acids is 1. The average Bonchev–Trinajstić information content (AvgIpc) is 3.44. The first-order valence-corrected chi connectivity index (χ1v) is 12.1. The van der Waals surface area contributed by atoms with E-state index >= 15 is 0 Å². The lowest BCUT2D eigenvalue weighted by Crippen LogP contribution is -2.25. The van der Waals surface area contributed by atoms with Gasteiger partial charge in [0, 0.05) is 25.4 Å². The van der Waals surface area contributed by atoms with Crippen LogP contribution in [0.3, 0.4) is 0 Å². The second-order valence-electron chi connectivity index (χ2n) is 9.09. The minimum atomic E-state index is 0.0137. The summed E-state index contributed by atoms with van der Waals surface area (Å²) in [5.74, 6) is 2.72. The number of hydrogen-bond acceptors (Lipinski definition) is 4. The van der Waals surface area contributed by atoms with E-state index in [0.717, 1.165) is 41.3 Å². The first-order valence-electron chi connectivity index (χ1n) is 12.1. The highest BCUT2D eigenvalue weighted by molar-refractivity contribution is 5.97. The summed E-state index contributed by atoms with van der Waals surface area (Å²) in [7, 11) is 1.64. The van der Waals surface area contributed by atoms with Gasteiger partial charge in [0.05, 0.1) is 30.4 Å². The maximum absolute atomic E-state index is 13.0. The van der Waals surface area contributed by atoms with Crippen molar-refractivity contribution in [2.75, 3.05) is 25.2 Å². The first-order chi connectivity index (χ1) is 17.1. The number of aryl methyl sites for hydroxylation is 2. The smallest absolute Gasteiger partial charge is 0.227 e. The number of rotatable bonds is 8. The number of hydrogen-bond donors (Lipinski definition) is 0. The van der Waals surface area contributed by atoms with Crippen LogP contribution in [0.25, 0.3) is 11.0 Å². The fraction of sp³-hybridized carbons (Fsp3) is 0.310. The number of anilines is 1. The number of methoxy groups -OCH3 is 1. The minimum Gasteiger partial charge on any atom is -0.495 e. The molecule has 180 valence electrons. The molecule has 35 heavy (non-hydrogen) atoms. The number of imidazole rings is 1. The van der Waals surface area contributed by atoms with Gasteiger partial charge in [0.15, 0.2) is 0 Å². The van der Waals surface area contributed by atoms with E-state index in [1.54, 1.807) is 7.11 Å². The Kier molecular flexibility index (Phi) is 6.45. The maximum atomic E-state index is 13.0. The van der Waals surface area contributed by atoms with Crippen LogP contribution in [0.15, 0.2) is 66.7 Å². The van der Waals surface area contributed by atoms with Crippen LogP contribution in [0.1, 0.15) is 35.7 Å². The molecule has 0 aliphatic carbocycles. The Morgan fingerprint density at radius 2 is 1.74 bits per heavy atom. The highest BCUT2D eigenvalue weighted by atomic mass is 16.5. The predicted molar refractivity (Wildman–Crippen MR) is 138 cm³/mol. The number of carbonyl (C=O) groups is 1. The normalized spacial score (nSPS) is 15.7. The van der Waals surface area contributed by atoms with Gasteiger partial charge in [-0.25, -0.2) is 4.98 Å². The molecular weight excluding hydrogens is 438 g/mol. The fourth-order valence-electron chi connectivity index (χ4n) is 4.89. The van der Waals surface area contributed by atoms with Crippen molar-refractivity contribution in [2.24, 2.45) is 0 Å². The van der Waals surface area contributed by atoms with Gasteiger partial charge in [-0.3, -0.25) is 4.79 Å². The predicted octanol–water partition coefficient (Wildman–Crippen LogP) is 5.65. The van der Waals surface area contributed by atoms with E-state index in [9.17, 15) is 4.79 Å². The van der Waals surface area contributed by atoms with Crippen LogP contribution in [0.2, 0.25) is 0 Å². The Bertz CT molecular complexity index is 1360. The van der Waals surface area contributed by atoms with Crippen LogP contribution in [0.5, 0.6) is 11.5 Å². The van der Waals surface area contributed by atoms with Gasteiger partial charge in [-0.2, -0.15) is 0 Å². The summed E-state index contributed by atoms with van der Waals surface area (Å²) in [4.78, 5) is 19.8. The van der Waals surface area contributed by atoms with Crippen molar-refractivity contribution in [1.82, 2.24) is 9.55 Å². The summed E-state index contributed by atoms with van der Waals surface area (Å²) in [5.41, 5.74) is 5.28. The molecule has 2 heterocycles. The van der Waals surface area contributed by atoms with E-state index in [4.69, 9.17) is 14.5 Å². The third-order valence-corrected chi connectivity index (χ3v) is 6.89. The third-order valence-electron chi connectivity index (χ3n) is 6.89. The molecular formula is C29H31N3O3. The maximum Gasteiger partial charge on any atom is 0.227 e. The van der Waals surface area contributed by atoms with Gasteiger partial charge >= 0.3 is 0 Å². The summed E-state index contributed by atoms with van der Waals surface area (Å²) < 4.78 is 13.9. The van der Waals surface area contributed by atoms with Crippen LogP contribution in [-0.2, 0) is 11.3 Å². The lowest BCUT2D eigenvalue weighted by Gasteiger charge is -2.20. The summed E-state index contributed by atoms with van der Waals surface area (Å²) >= 11 is 0. The van der Waals surface area contributed by atoms with Crippen molar-refractivity contribution < 1.29 is 14.3 Å². The molecule has 0 bridgehead atoms. The Labute approximate surface area is 206 Å². The van der Waals surface area contributed by atoms with Crippen molar-refractivity contribution in [3.8, 4) is 11.5 Å². The second-order valence-corrected chi connectivity index (χ2v) is 9.09. The Morgan fingerprint density at radius 1 is 0.971 bits per heavy atom. The van der Waals surface area contributed by atoms with Crippen molar-refractivity contribution in [3.05, 3.63) is 83.7 Å². The standard InChI is InChI=1S/C29H31N3O3/c1-20-10-8-15-26(21(20)2)35-17-9-16-31-24-12-5-4-11-23(24)30-29(31)22-18-28(33)32(19-22)25-13-6-7-14-27(25)34-3/h4-8,10-15,22H,9,16-19H2,1-3H3. The number of benzene rings is 3. The molecule has 1 aromatic heterocycles. The monoisotopic (exact) mass is 469 g/mol. The molecule has 0 N–H and O–H groups in total. The van der Waals surface area contributed by atoms with E-state index in [0.29, 0.717) is 25.3 Å². The SMILES string of the molecule is COc1ccccc1N1CC(c2nc3ccccc3n2CCCOc2cccc(C)c2C)CC1=O. The first kappa shape index (κ1) is 23.0. The molecule has 5 rings (SSSR count). The van der Waals surface area contributed by atoms with Crippen molar-refractivity contribution in [1.29, 1.82) is 0 Å². The molecule has 1 unspecified atom stereocenters. The number of fused-ring (bicyclic) bond motifs is 1. The highest BCUT2D eigenvalue weighted by Gasteiger charge is 2.35. The Balaban J connectivity index is 1.36. The van der Waals surface area contributed by atoms with Gasteiger partial charge in [0.1, 0.15) is 17.3 Å². The fourth-order valence-corrected chi connectivity index (χ4v) is 4.89. The molecule has 1 saturated heterocycles. The van der Waals surface area contributed by atoms with Crippen LogP contribution >= 0.6 is 0 Å². The molecule has 1 amide bonds. The average molecular weight is 470 g/mol. The van der Waals surface area contributed by atoms with Crippen LogP contribution in [0, 0.1) is 13.8 Å². The Morgan fingerprint density at radius 3 is 2.60 bits per heavy atom. The lowest BCUT2D eigenvalue weighted by atomic mass is 10.1. The van der Waals surface area contributed by atoms with Gasteiger partial charge in [0.2, 0.25) is 5.91 Å². The number of amides is 1. The number of ether oxygens (including phenoxy) is 2. The summed E-state index contributed by atoms with van der Waals surface area (Å²) in [6.07, 6.45) is 1.28. The van der Waals surface area contributed by atoms with Gasteiger partial charge in [-0.1, -0.05) is 36.4 Å². The zero-order chi connectivity index (χ0) is 24.4. The molecule has 3 aromatic carbocycles. The minimum absolute atomic E-state index is 0.0137. The largest absolute Gasteiger partial charge is 0.495 e. The van der Waals surface area contributed by atoms with Crippen molar-refractivity contribution in [3.63, 3.8) is 0 Å². The molecule has 1 aliphatic rings. The van der Waals surface area contributed by atoms with Gasteiger partial charge in [-0.15, -0.1) is 0 Å². The molecule has 6 nitrogen and oxygen atoms in total. The van der Waals surface area contributed by atoms with Crippen LogP contribution < -0.4 is 14.4 Å². The number of nitrogens with zero attached hydrogens (tertiary/aromatic N) is 3. The molecule has 0 saturated carbocycles. The van der Waals surface area contributed by atoms with Crippen molar-refractivity contribution in [2.45, 2.75) is 39.2 Å². The van der Waals surface area contributed by atoms with Gasteiger partial charge in [-0.05, 0) is 61.7 Å². The Hall–Kier alpha value is -3.80. The quantitative estimate of drug-likeness (QED) is 0.313. The van der Waals surface area contributed by atoms with Crippen LogP contribution in [0.4, 0.5) is 5.69 Å². The molecule has 1 atom stereocenters. The lowest BCUT2D eigenvalue weighted by molar-refractivity contribution is -0.117. The van der Waals surface area contributed by atoms with Crippen molar-refractivity contribution >= 4 is 22.6 Å². The highest BCUT2D eigenvalue weighted by Crippen LogP contribution is 2.37.